The predicted molar refractivity (Wildman–Crippen MR) is 74.8 cm³/mol. The zero-order valence-corrected chi connectivity index (χ0v) is 12.4. The van der Waals surface area contributed by atoms with E-state index in [0.29, 0.717) is 0 Å². The summed E-state index contributed by atoms with van der Waals surface area (Å²) < 4.78 is 33.9. The van der Waals surface area contributed by atoms with E-state index < -0.39 is 36.5 Å². The summed E-state index contributed by atoms with van der Waals surface area (Å²) in [6.45, 7) is 0.0168. The van der Waals surface area contributed by atoms with Crippen molar-refractivity contribution in [1.82, 2.24) is 5.32 Å². The number of benzene rings is 1. The number of para-hydroxylation sites is 1. The van der Waals surface area contributed by atoms with E-state index in [1.165, 1.54) is 18.2 Å². The number of urea groups is 1. The molecule has 1 unspecified atom stereocenters. The number of halogens is 2. The van der Waals surface area contributed by atoms with Crippen LogP contribution in [0, 0.1) is 5.92 Å². The molecule has 1 aromatic rings. The molecular formula is C14H16F2N2O5. The van der Waals surface area contributed by atoms with Gasteiger partial charge in [0.15, 0.2) is 6.10 Å². The van der Waals surface area contributed by atoms with E-state index in [0.717, 1.165) is 6.07 Å². The molecule has 3 N–H and O–H groups in total. The molecule has 1 aromatic carbocycles. The average Bonchev–Trinajstić information content (AvgIpc) is 2.43. The van der Waals surface area contributed by atoms with E-state index in [1.807, 2.05) is 0 Å². The first-order valence-corrected chi connectivity index (χ1v) is 6.57. The number of rotatable bonds is 6. The number of amides is 3. The second kappa shape index (κ2) is 8.06. The Labute approximate surface area is 130 Å². The highest BCUT2D eigenvalue weighted by Gasteiger charge is 2.29. The Morgan fingerprint density at radius 2 is 1.78 bits per heavy atom. The molecule has 3 amide bonds. The second-order valence-electron chi connectivity index (χ2n) is 4.80. The SMILES string of the molecule is CC(C)C(OC(=O)c1ccccc1OC(F)F)C(=O)NC(N)=O. The summed E-state index contributed by atoms with van der Waals surface area (Å²) >= 11 is 0. The third-order valence-electron chi connectivity index (χ3n) is 2.67. The van der Waals surface area contributed by atoms with Crippen LogP contribution in [-0.2, 0) is 9.53 Å². The molecule has 0 bridgehead atoms. The van der Waals surface area contributed by atoms with Crippen LogP contribution in [0.15, 0.2) is 24.3 Å². The monoisotopic (exact) mass is 330 g/mol. The number of alkyl halides is 2. The lowest BCUT2D eigenvalue weighted by Gasteiger charge is -2.20. The third kappa shape index (κ3) is 5.53. The van der Waals surface area contributed by atoms with E-state index in [-0.39, 0.29) is 11.3 Å². The van der Waals surface area contributed by atoms with Gasteiger partial charge in [0.25, 0.3) is 5.91 Å². The standard InChI is InChI=1S/C14H16F2N2O5/c1-7(2)10(11(19)18-14(17)21)23-12(20)8-5-3-4-6-9(8)22-13(15)16/h3-7,10,13H,1-2H3,(H3,17,18,19,21). The molecule has 23 heavy (non-hydrogen) atoms. The second-order valence-corrected chi connectivity index (χ2v) is 4.80. The van der Waals surface area contributed by atoms with Gasteiger partial charge in [0, 0.05) is 0 Å². The summed E-state index contributed by atoms with van der Waals surface area (Å²) in [5, 5.41) is 1.80. The van der Waals surface area contributed by atoms with Crippen molar-refractivity contribution < 1.29 is 32.6 Å². The predicted octanol–water partition coefficient (Wildman–Crippen LogP) is 1.66. The largest absolute Gasteiger partial charge is 0.448 e. The Morgan fingerprint density at radius 3 is 2.30 bits per heavy atom. The summed E-state index contributed by atoms with van der Waals surface area (Å²) in [6, 6.07) is 4.09. The maximum Gasteiger partial charge on any atom is 0.387 e. The van der Waals surface area contributed by atoms with Crippen molar-refractivity contribution >= 4 is 17.9 Å². The topological polar surface area (TPSA) is 108 Å². The molecular weight excluding hydrogens is 314 g/mol. The molecule has 0 aliphatic rings. The minimum atomic E-state index is -3.12. The van der Waals surface area contributed by atoms with Crippen LogP contribution in [0.3, 0.4) is 0 Å². The van der Waals surface area contributed by atoms with E-state index in [9.17, 15) is 23.2 Å². The molecule has 0 fully saturated rings. The van der Waals surface area contributed by atoms with Gasteiger partial charge in [0.2, 0.25) is 0 Å². The number of hydrogen-bond acceptors (Lipinski definition) is 5. The van der Waals surface area contributed by atoms with E-state index >= 15 is 0 Å². The Morgan fingerprint density at radius 1 is 1.17 bits per heavy atom. The van der Waals surface area contributed by atoms with Crippen molar-refractivity contribution in [1.29, 1.82) is 0 Å². The van der Waals surface area contributed by atoms with Crippen LogP contribution in [0.25, 0.3) is 0 Å². The smallest absolute Gasteiger partial charge is 0.387 e. The number of hydrogen-bond donors (Lipinski definition) is 2. The first kappa shape index (κ1) is 18.3. The zero-order valence-electron chi connectivity index (χ0n) is 12.4. The number of primary amides is 1. The summed E-state index contributed by atoms with van der Waals surface area (Å²) in [5.74, 6) is -2.82. The molecule has 9 heteroatoms. The molecule has 1 rings (SSSR count). The molecule has 0 aromatic heterocycles. The van der Waals surface area contributed by atoms with Crippen LogP contribution in [0.5, 0.6) is 5.75 Å². The van der Waals surface area contributed by atoms with Crippen LogP contribution < -0.4 is 15.8 Å². The Balaban J connectivity index is 2.96. The molecule has 0 saturated carbocycles. The highest BCUT2D eigenvalue weighted by Crippen LogP contribution is 2.22. The van der Waals surface area contributed by atoms with E-state index in [4.69, 9.17) is 10.5 Å². The van der Waals surface area contributed by atoms with E-state index in [2.05, 4.69) is 4.74 Å². The normalized spacial score (nSPS) is 11.9. The fraction of sp³-hybridized carbons (Fsp3) is 0.357. The molecule has 0 radical (unpaired) electrons. The lowest BCUT2D eigenvalue weighted by atomic mass is 10.1. The molecule has 0 heterocycles. The third-order valence-corrected chi connectivity index (χ3v) is 2.67. The maximum atomic E-state index is 12.3. The molecule has 0 aliphatic heterocycles. The van der Waals surface area contributed by atoms with Gasteiger partial charge in [0.1, 0.15) is 11.3 Å². The van der Waals surface area contributed by atoms with Crippen LogP contribution in [0.4, 0.5) is 13.6 Å². The molecule has 0 saturated heterocycles. The number of nitrogens with one attached hydrogen (secondary N) is 1. The number of carbonyl (C=O) groups excluding carboxylic acids is 3. The van der Waals surface area contributed by atoms with Crippen molar-refractivity contribution in [3.05, 3.63) is 29.8 Å². The Bertz CT molecular complexity index is 592. The van der Waals surface area contributed by atoms with Gasteiger partial charge < -0.3 is 15.2 Å². The van der Waals surface area contributed by atoms with Gasteiger partial charge in [-0.3, -0.25) is 10.1 Å². The van der Waals surface area contributed by atoms with Crippen LogP contribution in [-0.4, -0.2) is 30.6 Å². The van der Waals surface area contributed by atoms with Crippen molar-refractivity contribution in [2.24, 2.45) is 11.7 Å². The average molecular weight is 330 g/mol. The van der Waals surface area contributed by atoms with Gasteiger partial charge in [0.05, 0.1) is 0 Å². The summed E-state index contributed by atoms with van der Waals surface area (Å²) in [4.78, 5) is 34.6. The molecule has 0 spiro atoms. The van der Waals surface area contributed by atoms with Crippen LogP contribution in [0.1, 0.15) is 24.2 Å². The van der Waals surface area contributed by atoms with Crippen molar-refractivity contribution in [2.45, 2.75) is 26.6 Å². The number of imide groups is 1. The molecule has 126 valence electrons. The molecule has 0 aliphatic carbocycles. The van der Waals surface area contributed by atoms with Crippen molar-refractivity contribution in [2.75, 3.05) is 0 Å². The first-order chi connectivity index (χ1) is 10.7. The lowest BCUT2D eigenvalue weighted by molar-refractivity contribution is -0.131. The van der Waals surface area contributed by atoms with Gasteiger partial charge in [-0.05, 0) is 18.1 Å². The highest BCUT2D eigenvalue weighted by molar-refractivity contribution is 5.99. The summed E-state index contributed by atoms with van der Waals surface area (Å²) in [5.41, 5.74) is 4.56. The van der Waals surface area contributed by atoms with Gasteiger partial charge >= 0.3 is 18.6 Å². The summed E-state index contributed by atoms with van der Waals surface area (Å²) in [6.07, 6.45) is -1.32. The van der Waals surface area contributed by atoms with Gasteiger partial charge in [-0.25, -0.2) is 9.59 Å². The first-order valence-electron chi connectivity index (χ1n) is 6.57. The number of esters is 1. The van der Waals surface area contributed by atoms with Crippen molar-refractivity contribution in [3.8, 4) is 5.75 Å². The highest BCUT2D eigenvalue weighted by atomic mass is 19.3. The Hall–Kier alpha value is -2.71. The minimum absolute atomic E-state index is 0.273. The molecule has 1 atom stereocenters. The summed E-state index contributed by atoms with van der Waals surface area (Å²) in [7, 11) is 0. The van der Waals surface area contributed by atoms with Gasteiger partial charge in [-0.2, -0.15) is 8.78 Å². The number of carbonyl (C=O) groups is 3. The van der Waals surface area contributed by atoms with Crippen molar-refractivity contribution in [3.63, 3.8) is 0 Å². The van der Waals surface area contributed by atoms with Crippen LogP contribution in [0.2, 0.25) is 0 Å². The fourth-order valence-electron chi connectivity index (χ4n) is 1.70. The number of nitrogens with two attached hydrogens (primary N) is 1. The van der Waals surface area contributed by atoms with Gasteiger partial charge in [-0.1, -0.05) is 26.0 Å². The van der Waals surface area contributed by atoms with E-state index in [1.54, 1.807) is 19.2 Å². The minimum Gasteiger partial charge on any atom is -0.448 e. The van der Waals surface area contributed by atoms with Gasteiger partial charge in [-0.15, -0.1) is 0 Å². The molecule has 7 nitrogen and oxygen atoms in total. The Kier molecular flexibility index (Phi) is 6.43. The number of ether oxygens (including phenoxy) is 2. The quantitative estimate of drug-likeness (QED) is 0.771. The lowest BCUT2D eigenvalue weighted by Crippen LogP contribution is -2.45. The van der Waals surface area contributed by atoms with Crippen LogP contribution >= 0.6 is 0 Å². The fourth-order valence-corrected chi connectivity index (χ4v) is 1.70. The zero-order chi connectivity index (χ0) is 17.6. The maximum absolute atomic E-state index is 12.3.